The number of hydrogen-bond acceptors (Lipinski definition) is 4. The van der Waals surface area contributed by atoms with Gasteiger partial charge < -0.3 is 15.2 Å². The van der Waals surface area contributed by atoms with E-state index in [1.165, 1.54) is 31.4 Å². The Morgan fingerprint density at radius 2 is 2.29 bits per heavy atom. The minimum atomic E-state index is 0.557. The number of thioether (sulfide) groups is 1. The molecule has 5 nitrogen and oxygen atoms in total. The van der Waals surface area contributed by atoms with Gasteiger partial charge in [0.1, 0.15) is 11.5 Å². The largest absolute Gasteiger partial charge is 0.361 e. The summed E-state index contributed by atoms with van der Waals surface area (Å²) < 4.78 is 5.08. The third kappa shape index (κ3) is 5.99. The lowest BCUT2D eigenvalue weighted by atomic mass is 10.2. The topological polar surface area (TPSA) is 62.5 Å². The van der Waals surface area contributed by atoms with Gasteiger partial charge in [0.15, 0.2) is 5.96 Å². The summed E-state index contributed by atoms with van der Waals surface area (Å²) in [5.74, 6) is 2.91. The molecule has 6 heteroatoms. The Bertz CT molecular complexity index is 441. The molecule has 0 atom stereocenters. The molecule has 0 aliphatic heterocycles. The van der Waals surface area contributed by atoms with Gasteiger partial charge in [-0.05, 0) is 38.2 Å². The molecule has 0 amide bonds. The molecular formula is C15H26N4OS. The fourth-order valence-electron chi connectivity index (χ4n) is 2.49. The summed E-state index contributed by atoms with van der Waals surface area (Å²) in [7, 11) is 0. The maximum atomic E-state index is 5.08. The molecule has 1 fully saturated rings. The standard InChI is InChI=1S/C15H26N4OS/c1-12-10-14(19-20-12)11-17-15(16-8-5-9-21-2)18-13-6-3-4-7-13/h10,13H,3-9,11H2,1-2H3,(H2,16,17,18). The Morgan fingerprint density at radius 1 is 1.48 bits per heavy atom. The summed E-state index contributed by atoms with van der Waals surface area (Å²) in [4.78, 5) is 4.63. The van der Waals surface area contributed by atoms with Crippen molar-refractivity contribution in [2.45, 2.75) is 51.6 Å². The SMILES string of the molecule is CSCCCNC(=NCc1cc(C)on1)NC1CCCC1. The number of aryl methyl sites for hydroxylation is 1. The van der Waals surface area contributed by atoms with Gasteiger partial charge in [-0.3, -0.25) is 0 Å². The molecule has 0 spiro atoms. The van der Waals surface area contributed by atoms with Crippen LogP contribution in [0.4, 0.5) is 0 Å². The third-order valence-electron chi connectivity index (χ3n) is 3.59. The van der Waals surface area contributed by atoms with E-state index in [-0.39, 0.29) is 0 Å². The smallest absolute Gasteiger partial charge is 0.191 e. The number of aliphatic imine (C=N–C) groups is 1. The van der Waals surface area contributed by atoms with Crippen LogP contribution in [0.2, 0.25) is 0 Å². The highest BCUT2D eigenvalue weighted by Crippen LogP contribution is 2.17. The fraction of sp³-hybridized carbons (Fsp3) is 0.733. The van der Waals surface area contributed by atoms with E-state index in [1.54, 1.807) is 0 Å². The molecule has 0 unspecified atom stereocenters. The average Bonchev–Trinajstić information content (AvgIpc) is 3.12. The van der Waals surface area contributed by atoms with Crippen molar-refractivity contribution in [2.75, 3.05) is 18.6 Å². The van der Waals surface area contributed by atoms with E-state index in [1.807, 2.05) is 24.8 Å². The average molecular weight is 310 g/mol. The molecule has 1 aliphatic carbocycles. The van der Waals surface area contributed by atoms with Gasteiger partial charge in [-0.25, -0.2) is 4.99 Å². The van der Waals surface area contributed by atoms with Crippen molar-refractivity contribution in [3.63, 3.8) is 0 Å². The van der Waals surface area contributed by atoms with Crippen LogP contribution >= 0.6 is 11.8 Å². The van der Waals surface area contributed by atoms with Gasteiger partial charge in [0.2, 0.25) is 0 Å². The highest BCUT2D eigenvalue weighted by molar-refractivity contribution is 7.98. The number of hydrogen-bond donors (Lipinski definition) is 2. The molecular weight excluding hydrogens is 284 g/mol. The zero-order chi connectivity index (χ0) is 14.9. The number of nitrogens with zero attached hydrogens (tertiary/aromatic N) is 2. The zero-order valence-corrected chi connectivity index (χ0v) is 13.8. The molecule has 1 heterocycles. The Balaban J connectivity index is 1.85. The van der Waals surface area contributed by atoms with Crippen LogP contribution in [-0.4, -0.2) is 35.7 Å². The first kappa shape index (κ1) is 16.2. The number of rotatable bonds is 7. The van der Waals surface area contributed by atoms with Gasteiger partial charge in [0, 0.05) is 18.7 Å². The lowest BCUT2D eigenvalue weighted by Crippen LogP contribution is -2.42. The molecule has 118 valence electrons. The van der Waals surface area contributed by atoms with Crippen LogP contribution in [0, 0.1) is 6.92 Å². The first-order valence-electron chi connectivity index (χ1n) is 7.74. The molecule has 2 rings (SSSR count). The predicted molar refractivity (Wildman–Crippen MR) is 88.8 cm³/mol. The minimum absolute atomic E-state index is 0.557. The molecule has 1 aliphatic rings. The molecule has 1 saturated carbocycles. The second kappa shape index (κ2) is 8.97. The zero-order valence-electron chi connectivity index (χ0n) is 13.0. The van der Waals surface area contributed by atoms with Gasteiger partial charge in [-0.15, -0.1) is 0 Å². The third-order valence-corrected chi connectivity index (χ3v) is 4.29. The molecule has 0 saturated heterocycles. The van der Waals surface area contributed by atoms with Crippen LogP contribution in [0.15, 0.2) is 15.6 Å². The van der Waals surface area contributed by atoms with Gasteiger partial charge in [-0.2, -0.15) is 11.8 Å². The molecule has 21 heavy (non-hydrogen) atoms. The van der Waals surface area contributed by atoms with Crippen molar-refractivity contribution in [3.8, 4) is 0 Å². The predicted octanol–water partition coefficient (Wildman–Crippen LogP) is 2.71. The van der Waals surface area contributed by atoms with Crippen LogP contribution in [0.1, 0.15) is 43.6 Å². The van der Waals surface area contributed by atoms with E-state index in [2.05, 4.69) is 27.0 Å². The fourth-order valence-corrected chi connectivity index (χ4v) is 2.92. The van der Waals surface area contributed by atoms with Crippen LogP contribution in [0.3, 0.4) is 0 Å². The van der Waals surface area contributed by atoms with Crippen LogP contribution in [-0.2, 0) is 6.54 Å². The summed E-state index contributed by atoms with van der Waals surface area (Å²) in [5, 5.41) is 11.0. The van der Waals surface area contributed by atoms with Gasteiger partial charge in [0.05, 0.1) is 6.54 Å². The summed E-state index contributed by atoms with van der Waals surface area (Å²) >= 11 is 1.88. The molecule has 0 radical (unpaired) electrons. The quantitative estimate of drug-likeness (QED) is 0.460. The van der Waals surface area contributed by atoms with Gasteiger partial charge in [-0.1, -0.05) is 18.0 Å². The lowest BCUT2D eigenvalue weighted by molar-refractivity contribution is 0.391. The molecule has 1 aromatic rings. The first-order valence-corrected chi connectivity index (χ1v) is 9.13. The lowest BCUT2D eigenvalue weighted by Gasteiger charge is -2.17. The highest BCUT2D eigenvalue weighted by atomic mass is 32.2. The monoisotopic (exact) mass is 310 g/mol. The van der Waals surface area contributed by atoms with Crippen molar-refractivity contribution < 1.29 is 4.52 Å². The maximum absolute atomic E-state index is 5.08. The summed E-state index contributed by atoms with van der Waals surface area (Å²) in [5.41, 5.74) is 0.879. The second-order valence-corrected chi connectivity index (χ2v) is 6.48. The van der Waals surface area contributed by atoms with Crippen molar-refractivity contribution in [1.29, 1.82) is 0 Å². The number of nitrogens with one attached hydrogen (secondary N) is 2. The van der Waals surface area contributed by atoms with Crippen molar-refractivity contribution in [3.05, 3.63) is 17.5 Å². The Labute approximate surface area is 131 Å². The number of guanidine groups is 1. The Morgan fingerprint density at radius 3 is 2.95 bits per heavy atom. The Kier molecular flexibility index (Phi) is 6.92. The van der Waals surface area contributed by atoms with E-state index in [9.17, 15) is 0 Å². The summed E-state index contributed by atoms with van der Waals surface area (Å²) in [6.07, 6.45) is 8.41. The van der Waals surface area contributed by atoms with E-state index in [4.69, 9.17) is 4.52 Å². The van der Waals surface area contributed by atoms with Crippen LogP contribution in [0.5, 0.6) is 0 Å². The highest BCUT2D eigenvalue weighted by Gasteiger charge is 2.16. The second-order valence-electron chi connectivity index (χ2n) is 5.49. The first-order chi connectivity index (χ1) is 10.3. The van der Waals surface area contributed by atoms with E-state index in [0.29, 0.717) is 12.6 Å². The maximum Gasteiger partial charge on any atom is 0.191 e. The molecule has 1 aromatic heterocycles. The van der Waals surface area contributed by atoms with Gasteiger partial charge in [0.25, 0.3) is 0 Å². The van der Waals surface area contributed by atoms with Crippen molar-refractivity contribution >= 4 is 17.7 Å². The van der Waals surface area contributed by atoms with Gasteiger partial charge >= 0.3 is 0 Å². The van der Waals surface area contributed by atoms with Crippen LogP contribution in [0.25, 0.3) is 0 Å². The van der Waals surface area contributed by atoms with E-state index in [0.717, 1.165) is 30.4 Å². The van der Waals surface area contributed by atoms with Crippen LogP contribution < -0.4 is 10.6 Å². The van der Waals surface area contributed by atoms with E-state index < -0.39 is 0 Å². The Hall–Kier alpha value is -1.17. The summed E-state index contributed by atoms with van der Waals surface area (Å²) in [6, 6.07) is 2.50. The van der Waals surface area contributed by atoms with Crippen molar-refractivity contribution in [2.24, 2.45) is 4.99 Å². The van der Waals surface area contributed by atoms with Crippen molar-refractivity contribution in [1.82, 2.24) is 15.8 Å². The van der Waals surface area contributed by atoms with E-state index >= 15 is 0 Å². The minimum Gasteiger partial charge on any atom is -0.361 e. The summed E-state index contributed by atoms with van der Waals surface area (Å²) in [6.45, 7) is 3.41. The normalized spacial score (nSPS) is 16.4. The molecule has 2 N–H and O–H groups in total. The number of aromatic nitrogens is 1. The molecule has 0 aromatic carbocycles. The molecule has 0 bridgehead atoms.